The largest absolute Gasteiger partial charge is 0.483 e. The molecule has 1 amide bonds. The van der Waals surface area contributed by atoms with Crippen molar-refractivity contribution >= 4 is 17.5 Å². The molecule has 0 aliphatic carbocycles. The van der Waals surface area contributed by atoms with Gasteiger partial charge in [-0.1, -0.05) is 35.9 Å². The second-order valence-electron chi connectivity index (χ2n) is 6.69. The van der Waals surface area contributed by atoms with Crippen molar-refractivity contribution in [1.82, 2.24) is 15.1 Å². The molecule has 0 saturated carbocycles. The first-order valence-electron chi connectivity index (χ1n) is 9.23. The fraction of sp³-hybridized carbons (Fsp3) is 0.227. The Balaban J connectivity index is 1.55. The van der Waals surface area contributed by atoms with Crippen LogP contribution >= 0.6 is 11.6 Å². The van der Waals surface area contributed by atoms with Crippen LogP contribution in [0.2, 0.25) is 5.02 Å². The molecule has 150 valence electrons. The number of ether oxygens (including phenoxy) is 1. The van der Waals surface area contributed by atoms with Gasteiger partial charge in [0.15, 0.2) is 6.61 Å². The number of aryl methyl sites for hydroxylation is 2. The summed E-state index contributed by atoms with van der Waals surface area (Å²) in [7, 11) is 0. The van der Waals surface area contributed by atoms with Gasteiger partial charge in [0.2, 0.25) is 0 Å². The van der Waals surface area contributed by atoms with Crippen LogP contribution < -0.4 is 15.6 Å². The average molecular weight is 412 g/mol. The monoisotopic (exact) mass is 411 g/mol. The van der Waals surface area contributed by atoms with Gasteiger partial charge in [0, 0.05) is 23.2 Å². The molecule has 7 heteroatoms. The van der Waals surface area contributed by atoms with Crippen LogP contribution in [0.15, 0.2) is 59.4 Å². The third-order valence-electron chi connectivity index (χ3n) is 4.35. The summed E-state index contributed by atoms with van der Waals surface area (Å²) in [6, 6.07) is 16.2. The van der Waals surface area contributed by atoms with Gasteiger partial charge >= 0.3 is 0 Å². The van der Waals surface area contributed by atoms with Crippen LogP contribution in [-0.2, 0) is 11.3 Å². The molecule has 29 heavy (non-hydrogen) atoms. The van der Waals surface area contributed by atoms with E-state index in [-0.39, 0.29) is 31.2 Å². The maximum Gasteiger partial charge on any atom is 0.266 e. The van der Waals surface area contributed by atoms with Crippen LogP contribution in [0.25, 0.3) is 11.3 Å². The first kappa shape index (κ1) is 20.6. The Morgan fingerprint density at radius 2 is 1.86 bits per heavy atom. The van der Waals surface area contributed by atoms with Gasteiger partial charge in [-0.3, -0.25) is 9.59 Å². The molecule has 0 spiro atoms. The molecule has 0 saturated heterocycles. The molecule has 3 aromatic rings. The Kier molecular flexibility index (Phi) is 6.67. The number of nitrogens with one attached hydrogen (secondary N) is 1. The number of carbonyl (C=O) groups excluding carboxylic acids is 1. The highest BCUT2D eigenvalue weighted by Gasteiger charge is 2.07. The first-order valence-corrected chi connectivity index (χ1v) is 9.61. The van der Waals surface area contributed by atoms with Gasteiger partial charge in [-0.15, -0.1) is 0 Å². The van der Waals surface area contributed by atoms with Crippen LogP contribution in [-0.4, -0.2) is 28.8 Å². The van der Waals surface area contributed by atoms with E-state index < -0.39 is 0 Å². The molecule has 0 radical (unpaired) electrons. The van der Waals surface area contributed by atoms with Crippen molar-refractivity contribution < 1.29 is 9.53 Å². The number of halogens is 1. The van der Waals surface area contributed by atoms with Crippen molar-refractivity contribution in [3.63, 3.8) is 0 Å². The Morgan fingerprint density at radius 1 is 1.10 bits per heavy atom. The van der Waals surface area contributed by atoms with Crippen LogP contribution in [0.4, 0.5) is 0 Å². The summed E-state index contributed by atoms with van der Waals surface area (Å²) in [5.74, 6) is 0.432. The maximum atomic E-state index is 12.1. The predicted octanol–water partition coefficient (Wildman–Crippen LogP) is 3.38. The molecule has 0 atom stereocenters. The Bertz CT molecular complexity index is 1060. The number of benzene rings is 2. The van der Waals surface area contributed by atoms with Gasteiger partial charge < -0.3 is 10.1 Å². The van der Waals surface area contributed by atoms with Crippen molar-refractivity contribution in [1.29, 1.82) is 0 Å². The molecule has 0 bridgehead atoms. The lowest BCUT2D eigenvalue weighted by Crippen LogP contribution is -2.34. The zero-order valence-electron chi connectivity index (χ0n) is 16.3. The summed E-state index contributed by atoms with van der Waals surface area (Å²) >= 11 is 5.91. The lowest BCUT2D eigenvalue weighted by atomic mass is 10.1. The quantitative estimate of drug-likeness (QED) is 0.646. The zero-order chi connectivity index (χ0) is 20.8. The fourth-order valence-corrected chi connectivity index (χ4v) is 2.87. The number of carbonyl (C=O) groups is 1. The summed E-state index contributed by atoms with van der Waals surface area (Å²) in [6.07, 6.45) is 0. The second kappa shape index (κ2) is 9.39. The number of nitrogens with zero attached hydrogens (tertiary/aromatic N) is 2. The number of rotatable bonds is 7. The highest BCUT2D eigenvalue weighted by molar-refractivity contribution is 6.30. The fourth-order valence-electron chi connectivity index (χ4n) is 2.74. The SMILES string of the molecule is Cc1ccc(C)c(OCC(=O)NCCn2nc(-c3ccc(Cl)cc3)ccc2=O)c1. The minimum absolute atomic E-state index is 0.0859. The smallest absolute Gasteiger partial charge is 0.266 e. The van der Waals surface area contributed by atoms with Crippen molar-refractivity contribution in [2.24, 2.45) is 0 Å². The minimum atomic E-state index is -0.257. The van der Waals surface area contributed by atoms with Gasteiger partial charge in [0.05, 0.1) is 12.2 Å². The maximum absolute atomic E-state index is 12.1. The number of hydrogen-bond acceptors (Lipinski definition) is 4. The highest BCUT2D eigenvalue weighted by atomic mass is 35.5. The lowest BCUT2D eigenvalue weighted by Gasteiger charge is -2.11. The number of aromatic nitrogens is 2. The van der Waals surface area contributed by atoms with E-state index >= 15 is 0 Å². The molecule has 0 unspecified atom stereocenters. The van der Waals surface area contributed by atoms with Gasteiger partial charge in [-0.2, -0.15) is 5.10 Å². The summed E-state index contributed by atoms with van der Waals surface area (Å²) in [4.78, 5) is 24.1. The summed E-state index contributed by atoms with van der Waals surface area (Å²) in [5.41, 5.74) is 3.32. The first-order chi connectivity index (χ1) is 13.9. The number of hydrogen-bond donors (Lipinski definition) is 1. The molecule has 0 fully saturated rings. The predicted molar refractivity (Wildman–Crippen MR) is 113 cm³/mol. The Morgan fingerprint density at radius 3 is 2.62 bits per heavy atom. The Labute approximate surface area is 174 Å². The van der Waals surface area contributed by atoms with Crippen molar-refractivity contribution in [2.75, 3.05) is 13.2 Å². The van der Waals surface area contributed by atoms with E-state index in [1.54, 1.807) is 18.2 Å². The molecule has 2 aromatic carbocycles. The molecular formula is C22H22ClN3O3. The zero-order valence-corrected chi connectivity index (χ0v) is 17.1. The molecule has 0 aliphatic heterocycles. The third kappa shape index (κ3) is 5.68. The molecule has 0 aliphatic rings. The van der Waals surface area contributed by atoms with E-state index in [1.807, 2.05) is 44.2 Å². The topological polar surface area (TPSA) is 73.2 Å². The van der Waals surface area contributed by atoms with Gasteiger partial charge in [-0.05, 0) is 49.2 Å². The highest BCUT2D eigenvalue weighted by Crippen LogP contribution is 2.19. The molecule has 1 heterocycles. The van der Waals surface area contributed by atoms with E-state index in [9.17, 15) is 9.59 Å². The van der Waals surface area contributed by atoms with Crippen molar-refractivity contribution in [3.05, 3.63) is 81.1 Å². The van der Waals surface area contributed by atoms with E-state index in [2.05, 4.69) is 10.4 Å². The van der Waals surface area contributed by atoms with Crippen LogP contribution in [0.3, 0.4) is 0 Å². The van der Waals surface area contributed by atoms with Gasteiger partial charge in [-0.25, -0.2) is 4.68 Å². The summed E-state index contributed by atoms with van der Waals surface area (Å²) in [5, 5.41) is 7.74. The third-order valence-corrected chi connectivity index (χ3v) is 4.61. The molecular weight excluding hydrogens is 390 g/mol. The van der Waals surface area contributed by atoms with Crippen LogP contribution in [0.1, 0.15) is 11.1 Å². The molecule has 3 rings (SSSR count). The van der Waals surface area contributed by atoms with Gasteiger partial charge in [0.1, 0.15) is 5.75 Å². The summed E-state index contributed by atoms with van der Waals surface area (Å²) in [6.45, 7) is 4.34. The van der Waals surface area contributed by atoms with Crippen LogP contribution in [0.5, 0.6) is 5.75 Å². The van der Waals surface area contributed by atoms with E-state index in [1.165, 1.54) is 10.7 Å². The normalized spacial score (nSPS) is 10.6. The number of amides is 1. The summed E-state index contributed by atoms with van der Waals surface area (Å²) < 4.78 is 6.91. The van der Waals surface area contributed by atoms with Crippen LogP contribution in [0, 0.1) is 13.8 Å². The van der Waals surface area contributed by atoms with Crippen molar-refractivity contribution in [2.45, 2.75) is 20.4 Å². The van der Waals surface area contributed by atoms with E-state index in [0.29, 0.717) is 16.5 Å². The Hall–Kier alpha value is -3.12. The van der Waals surface area contributed by atoms with E-state index in [0.717, 1.165) is 16.7 Å². The second-order valence-corrected chi connectivity index (χ2v) is 7.13. The molecule has 1 N–H and O–H groups in total. The standard InChI is InChI=1S/C22H22ClN3O3/c1-15-3-4-16(2)20(13-15)29-14-21(27)24-11-12-26-22(28)10-9-19(25-26)17-5-7-18(23)8-6-17/h3-10,13H,11-12,14H2,1-2H3,(H,24,27). The lowest BCUT2D eigenvalue weighted by molar-refractivity contribution is -0.123. The minimum Gasteiger partial charge on any atom is -0.483 e. The van der Waals surface area contributed by atoms with Crippen molar-refractivity contribution in [3.8, 4) is 17.0 Å². The molecule has 1 aromatic heterocycles. The van der Waals surface area contributed by atoms with Gasteiger partial charge in [0.25, 0.3) is 11.5 Å². The molecule has 6 nitrogen and oxygen atoms in total. The average Bonchev–Trinajstić information content (AvgIpc) is 2.71. The van der Waals surface area contributed by atoms with E-state index in [4.69, 9.17) is 16.3 Å².